The van der Waals surface area contributed by atoms with E-state index in [1.807, 2.05) is 12.3 Å². The first-order valence-corrected chi connectivity index (χ1v) is 6.79. The van der Waals surface area contributed by atoms with Crippen LogP contribution in [-0.2, 0) is 4.79 Å². The first kappa shape index (κ1) is 12.3. The molecule has 2 atom stereocenters. The lowest BCUT2D eigenvalue weighted by Gasteiger charge is -2.44. The van der Waals surface area contributed by atoms with E-state index >= 15 is 0 Å². The van der Waals surface area contributed by atoms with Gasteiger partial charge in [0, 0.05) is 31.1 Å². The van der Waals surface area contributed by atoms with Crippen LogP contribution in [0.2, 0.25) is 0 Å². The van der Waals surface area contributed by atoms with E-state index in [9.17, 15) is 4.79 Å². The Bertz CT molecular complexity index is 478. The molecule has 0 aliphatic carbocycles. The zero-order chi connectivity index (χ0) is 13.4. The van der Waals surface area contributed by atoms with Crippen LogP contribution in [0.4, 0.5) is 0 Å². The molecule has 0 spiro atoms. The van der Waals surface area contributed by atoms with Gasteiger partial charge in [-0.15, -0.1) is 0 Å². The van der Waals surface area contributed by atoms with Crippen LogP contribution in [0.25, 0.3) is 0 Å². The van der Waals surface area contributed by atoms with Crippen molar-refractivity contribution in [3.05, 3.63) is 35.7 Å². The molecule has 3 N–H and O–H groups in total. The second-order valence-electron chi connectivity index (χ2n) is 5.52. The van der Waals surface area contributed by atoms with Gasteiger partial charge in [0.25, 0.3) is 0 Å². The molecule has 3 aliphatic rings. The smallest absolute Gasteiger partial charge is 0.224 e. The normalized spacial score (nSPS) is 29.0. The fourth-order valence-corrected chi connectivity index (χ4v) is 2.89. The molecule has 3 heterocycles. The van der Waals surface area contributed by atoms with Crippen molar-refractivity contribution in [1.29, 1.82) is 0 Å². The number of fused-ring (bicyclic) bond motifs is 3. The number of hydrazine groups is 1. The van der Waals surface area contributed by atoms with E-state index in [0.717, 1.165) is 0 Å². The van der Waals surface area contributed by atoms with Gasteiger partial charge in [0.15, 0.2) is 0 Å². The molecule has 0 bridgehead atoms. The first-order chi connectivity index (χ1) is 9.15. The summed E-state index contributed by atoms with van der Waals surface area (Å²) in [5.41, 5.74) is 5.92. The Morgan fingerprint density at radius 3 is 3.11 bits per heavy atom. The number of carbonyl (C=O) groups excluding carboxylic acids is 1. The molecule has 0 aromatic carbocycles. The van der Waals surface area contributed by atoms with Crippen molar-refractivity contribution in [2.75, 3.05) is 6.54 Å². The zero-order valence-corrected chi connectivity index (χ0v) is 11.3. The Kier molecular flexibility index (Phi) is 3.06. The Morgan fingerprint density at radius 2 is 2.32 bits per heavy atom. The molecule has 19 heavy (non-hydrogen) atoms. The second kappa shape index (κ2) is 4.74. The fraction of sp³-hybridized carbons (Fsp3) is 0.500. The molecule has 5 nitrogen and oxygen atoms in total. The number of hydrogen-bond acceptors (Lipinski definition) is 4. The van der Waals surface area contributed by atoms with Gasteiger partial charge < -0.3 is 10.6 Å². The summed E-state index contributed by atoms with van der Waals surface area (Å²) in [4.78, 5) is 11.6. The van der Waals surface area contributed by atoms with Crippen molar-refractivity contribution < 1.29 is 4.79 Å². The molecule has 2 unspecified atom stereocenters. The van der Waals surface area contributed by atoms with Gasteiger partial charge in [-0.05, 0) is 37.3 Å². The SMILES string of the molecule is CC(C)NN1C=C2CC(=O)NCC2C2=CC=CNC21. The summed E-state index contributed by atoms with van der Waals surface area (Å²) in [6.45, 7) is 4.93. The average Bonchev–Trinajstić information content (AvgIpc) is 2.38. The summed E-state index contributed by atoms with van der Waals surface area (Å²) in [5.74, 6) is 0.440. The lowest BCUT2D eigenvalue weighted by atomic mass is 9.81. The highest BCUT2D eigenvalue weighted by Crippen LogP contribution is 2.34. The zero-order valence-electron chi connectivity index (χ0n) is 11.3. The maximum Gasteiger partial charge on any atom is 0.224 e. The van der Waals surface area contributed by atoms with Gasteiger partial charge >= 0.3 is 0 Å². The summed E-state index contributed by atoms with van der Waals surface area (Å²) < 4.78 is 0. The van der Waals surface area contributed by atoms with Crippen LogP contribution in [0.15, 0.2) is 35.7 Å². The molecule has 5 heteroatoms. The molecule has 1 fully saturated rings. The standard InChI is InChI=1S/C14H20N4O/c1-9(2)17-18-8-10-6-13(19)16-7-12(10)11-4-3-5-15-14(11)18/h3-5,8-9,12,14-15,17H,6-7H2,1-2H3,(H,16,19). The molecule has 0 saturated carbocycles. The average molecular weight is 260 g/mol. The third-order valence-electron chi connectivity index (χ3n) is 3.66. The number of nitrogens with one attached hydrogen (secondary N) is 3. The fourth-order valence-electron chi connectivity index (χ4n) is 2.89. The number of allylic oxidation sites excluding steroid dienone is 2. The molecule has 3 rings (SSSR count). The van der Waals surface area contributed by atoms with Gasteiger partial charge in [0.2, 0.25) is 5.91 Å². The monoisotopic (exact) mass is 260 g/mol. The third-order valence-corrected chi connectivity index (χ3v) is 3.66. The summed E-state index contributed by atoms with van der Waals surface area (Å²) in [6.07, 6.45) is 8.87. The third kappa shape index (κ3) is 2.26. The molecule has 3 aliphatic heterocycles. The Morgan fingerprint density at radius 1 is 1.47 bits per heavy atom. The van der Waals surface area contributed by atoms with E-state index in [2.05, 4.69) is 47.2 Å². The van der Waals surface area contributed by atoms with Gasteiger partial charge in [-0.1, -0.05) is 6.08 Å². The lowest BCUT2D eigenvalue weighted by molar-refractivity contribution is -0.121. The van der Waals surface area contributed by atoms with Gasteiger partial charge in [0.1, 0.15) is 6.17 Å². The predicted octanol–water partition coefficient (Wildman–Crippen LogP) is 0.604. The maximum atomic E-state index is 11.6. The van der Waals surface area contributed by atoms with Crippen LogP contribution in [0, 0.1) is 5.92 Å². The van der Waals surface area contributed by atoms with Crippen molar-refractivity contribution in [2.24, 2.45) is 5.92 Å². The molecule has 102 valence electrons. The Labute approximate surface area is 113 Å². The Hall–Kier alpha value is -1.75. The molecule has 0 aromatic rings. The number of hydrogen-bond donors (Lipinski definition) is 3. The van der Waals surface area contributed by atoms with E-state index in [-0.39, 0.29) is 12.1 Å². The van der Waals surface area contributed by atoms with Crippen molar-refractivity contribution in [1.82, 2.24) is 21.1 Å². The van der Waals surface area contributed by atoms with Gasteiger partial charge in [-0.25, -0.2) is 5.43 Å². The molecule has 0 aromatic heterocycles. The number of piperidine rings is 1. The van der Waals surface area contributed by atoms with Gasteiger partial charge in [-0.2, -0.15) is 0 Å². The minimum absolute atomic E-state index is 0.116. The number of rotatable bonds is 2. The molecular formula is C14H20N4O. The minimum Gasteiger partial charge on any atom is -0.367 e. The quantitative estimate of drug-likeness (QED) is 0.681. The molecule has 1 saturated heterocycles. The highest BCUT2D eigenvalue weighted by molar-refractivity contribution is 5.80. The van der Waals surface area contributed by atoms with E-state index < -0.39 is 0 Å². The van der Waals surface area contributed by atoms with Crippen LogP contribution in [0.5, 0.6) is 0 Å². The lowest BCUT2D eigenvalue weighted by Crippen LogP contribution is -2.57. The highest BCUT2D eigenvalue weighted by Gasteiger charge is 2.37. The summed E-state index contributed by atoms with van der Waals surface area (Å²) in [6, 6.07) is 0.347. The van der Waals surface area contributed by atoms with Crippen LogP contribution >= 0.6 is 0 Å². The maximum absolute atomic E-state index is 11.6. The van der Waals surface area contributed by atoms with Crippen LogP contribution in [0.1, 0.15) is 20.3 Å². The van der Waals surface area contributed by atoms with Gasteiger partial charge in [0.05, 0.1) is 0 Å². The van der Waals surface area contributed by atoms with Crippen molar-refractivity contribution >= 4 is 5.91 Å². The van der Waals surface area contributed by atoms with E-state index in [4.69, 9.17) is 0 Å². The number of amides is 1. The van der Waals surface area contributed by atoms with Crippen LogP contribution in [0.3, 0.4) is 0 Å². The van der Waals surface area contributed by atoms with E-state index in [1.165, 1.54) is 11.1 Å². The Balaban J connectivity index is 1.94. The van der Waals surface area contributed by atoms with Gasteiger partial charge in [-0.3, -0.25) is 9.80 Å². The number of carbonyl (C=O) groups is 1. The number of nitrogens with zero attached hydrogens (tertiary/aromatic N) is 1. The highest BCUT2D eigenvalue weighted by atomic mass is 16.1. The summed E-state index contributed by atoms with van der Waals surface area (Å²) in [5, 5.41) is 8.42. The van der Waals surface area contributed by atoms with Crippen molar-refractivity contribution in [3.8, 4) is 0 Å². The second-order valence-corrected chi connectivity index (χ2v) is 5.52. The largest absolute Gasteiger partial charge is 0.367 e. The van der Waals surface area contributed by atoms with E-state index in [1.54, 1.807) is 0 Å². The van der Waals surface area contributed by atoms with Crippen molar-refractivity contribution in [2.45, 2.75) is 32.5 Å². The molecule has 1 amide bonds. The van der Waals surface area contributed by atoms with Crippen LogP contribution in [-0.4, -0.2) is 29.7 Å². The van der Waals surface area contributed by atoms with Crippen molar-refractivity contribution in [3.63, 3.8) is 0 Å². The molecule has 0 radical (unpaired) electrons. The van der Waals surface area contributed by atoms with Crippen LogP contribution < -0.4 is 16.1 Å². The first-order valence-electron chi connectivity index (χ1n) is 6.79. The topological polar surface area (TPSA) is 56.4 Å². The predicted molar refractivity (Wildman–Crippen MR) is 73.5 cm³/mol. The number of dihydropyridines is 1. The summed E-state index contributed by atoms with van der Waals surface area (Å²) >= 11 is 0. The molecular weight excluding hydrogens is 240 g/mol. The summed E-state index contributed by atoms with van der Waals surface area (Å²) in [7, 11) is 0. The van der Waals surface area contributed by atoms with E-state index in [0.29, 0.717) is 24.9 Å². The minimum atomic E-state index is 0.116.